The number of carbonyl (C=O) groups excluding carboxylic acids is 1. The standard InChI is InChI=1S/C19H17ClN2O/c1-12-8-14(3)15(9-13(12)2)10-16(11-21)19(23)22-18-7-5-4-6-17(18)20/h4-10H,1-3H3,(H,22,23)/b16-10-. The first kappa shape index (κ1) is 16.8. The number of carbonyl (C=O) groups is 1. The summed E-state index contributed by atoms with van der Waals surface area (Å²) in [5, 5.41) is 12.4. The van der Waals surface area contributed by atoms with Crippen LogP contribution in [0.3, 0.4) is 0 Å². The minimum Gasteiger partial charge on any atom is -0.320 e. The number of benzene rings is 2. The maximum absolute atomic E-state index is 12.3. The number of nitriles is 1. The maximum atomic E-state index is 12.3. The monoisotopic (exact) mass is 324 g/mol. The van der Waals surface area contributed by atoms with E-state index in [1.807, 2.05) is 39.0 Å². The lowest BCUT2D eigenvalue weighted by atomic mass is 9.99. The second-order valence-corrected chi connectivity index (χ2v) is 5.80. The fourth-order valence-electron chi connectivity index (χ4n) is 2.19. The Kier molecular flexibility index (Phi) is 5.20. The molecule has 0 saturated carbocycles. The second kappa shape index (κ2) is 7.13. The van der Waals surface area contributed by atoms with Crippen LogP contribution >= 0.6 is 11.6 Å². The minimum absolute atomic E-state index is 0.0382. The van der Waals surface area contributed by atoms with Crippen molar-refractivity contribution in [2.45, 2.75) is 20.8 Å². The smallest absolute Gasteiger partial charge is 0.266 e. The van der Waals surface area contributed by atoms with E-state index in [-0.39, 0.29) is 5.57 Å². The van der Waals surface area contributed by atoms with Crippen molar-refractivity contribution in [3.8, 4) is 6.07 Å². The van der Waals surface area contributed by atoms with Gasteiger partial charge in [-0.15, -0.1) is 0 Å². The minimum atomic E-state index is -0.474. The van der Waals surface area contributed by atoms with Gasteiger partial charge in [0, 0.05) is 0 Å². The molecule has 0 aliphatic carbocycles. The summed E-state index contributed by atoms with van der Waals surface area (Å²) in [6.45, 7) is 5.99. The van der Waals surface area contributed by atoms with Gasteiger partial charge in [-0.05, 0) is 61.2 Å². The van der Waals surface area contributed by atoms with Crippen molar-refractivity contribution in [3.05, 3.63) is 69.2 Å². The lowest BCUT2D eigenvalue weighted by Gasteiger charge is -2.08. The fraction of sp³-hybridized carbons (Fsp3) is 0.158. The molecule has 2 aromatic rings. The maximum Gasteiger partial charge on any atom is 0.266 e. The zero-order valence-electron chi connectivity index (χ0n) is 13.3. The highest BCUT2D eigenvalue weighted by molar-refractivity contribution is 6.34. The summed E-state index contributed by atoms with van der Waals surface area (Å²) in [5.41, 5.74) is 4.70. The van der Waals surface area contributed by atoms with E-state index < -0.39 is 5.91 Å². The predicted octanol–water partition coefficient (Wildman–Crippen LogP) is 4.81. The van der Waals surface area contributed by atoms with Gasteiger partial charge in [0.2, 0.25) is 0 Å². The topological polar surface area (TPSA) is 52.9 Å². The van der Waals surface area contributed by atoms with Crippen molar-refractivity contribution in [2.24, 2.45) is 0 Å². The van der Waals surface area contributed by atoms with Gasteiger partial charge in [0.05, 0.1) is 10.7 Å². The normalized spacial score (nSPS) is 11.0. The summed E-state index contributed by atoms with van der Waals surface area (Å²) in [5.74, 6) is -0.474. The molecule has 0 radical (unpaired) electrons. The van der Waals surface area contributed by atoms with Crippen LogP contribution in [0.2, 0.25) is 5.02 Å². The molecule has 0 heterocycles. The summed E-state index contributed by atoms with van der Waals surface area (Å²) >= 11 is 6.02. The Morgan fingerprint density at radius 3 is 2.43 bits per heavy atom. The van der Waals surface area contributed by atoms with Gasteiger partial charge in [-0.1, -0.05) is 35.9 Å². The van der Waals surface area contributed by atoms with E-state index in [0.717, 1.165) is 16.7 Å². The van der Waals surface area contributed by atoms with Gasteiger partial charge >= 0.3 is 0 Å². The van der Waals surface area contributed by atoms with Crippen LogP contribution in [0.15, 0.2) is 42.0 Å². The summed E-state index contributed by atoms with van der Waals surface area (Å²) in [4.78, 5) is 12.3. The van der Waals surface area contributed by atoms with Crippen LogP contribution in [-0.4, -0.2) is 5.91 Å². The zero-order chi connectivity index (χ0) is 17.0. The molecule has 4 heteroatoms. The van der Waals surface area contributed by atoms with Gasteiger partial charge in [-0.3, -0.25) is 4.79 Å². The van der Waals surface area contributed by atoms with Crippen molar-refractivity contribution in [3.63, 3.8) is 0 Å². The van der Waals surface area contributed by atoms with Crippen molar-refractivity contribution in [1.29, 1.82) is 5.26 Å². The van der Waals surface area contributed by atoms with Gasteiger partial charge in [0.15, 0.2) is 0 Å². The molecule has 1 amide bonds. The molecular weight excluding hydrogens is 308 g/mol. The SMILES string of the molecule is Cc1cc(C)c(/C=C(/C#N)C(=O)Nc2ccccc2Cl)cc1C. The van der Waals surface area contributed by atoms with Crippen LogP contribution in [0.1, 0.15) is 22.3 Å². The molecule has 0 aliphatic rings. The average molecular weight is 325 g/mol. The van der Waals surface area contributed by atoms with Crippen molar-refractivity contribution in [2.75, 3.05) is 5.32 Å². The zero-order valence-corrected chi connectivity index (χ0v) is 14.0. The lowest BCUT2D eigenvalue weighted by Crippen LogP contribution is -2.13. The molecule has 1 N–H and O–H groups in total. The third kappa shape index (κ3) is 4.00. The Bertz CT molecular complexity index is 832. The van der Waals surface area contributed by atoms with Gasteiger partial charge in [-0.2, -0.15) is 5.26 Å². The number of nitrogens with one attached hydrogen (secondary N) is 1. The van der Waals surface area contributed by atoms with E-state index in [1.165, 1.54) is 5.56 Å². The molecule has 0 fully saturated rings. The molecule has 23 heavy (non-hydrogen) atoms. The van der Waals surface area contributed by atoms with Crippen LogP contribution in [-0.2, 0) is 4.79 Å². The molecule has 0 atom stereocenters. The highest BCUT2D eigenvalue weighted by atomic mass is 35.5. The molecule has 3 nitrogen and oxygen atoms in total. The number of nitrogens with zero attached hydrogens (tertiary/aromatic N) is 1. The van der Waals surface area contributed by atoms with E-state index in [1.54, 1.807) is 30.3 Å². The van der Waals surface area contributed by atoms with E-state index in [4.69, 9.17) is 11.6 Å². The Hall–Kier alpha value is -2.57. The highest BCUT2D eigenvalue weighted by Crippen LogP contribution is 2.22. The van der Waals surface area contributed by atoms with Crippen molar-refractivity contribution < 1.29 is 4.79 Å². The number of rotatable bonds is 3. The Morgan fingerprint density at radius 2 is 1.78 bits per heavy atom. The first-order chi connectivity index (χ1) is 10.9. The Morgan fingerprint density at radius 1 is 1.13 bits per heavy atom. The van der Waals surface area contributed by atoms with Crippen LogP contribution in [0.5, 0.6) is 0 Å². The molecular formula is C19H17ClN2O. The molecule has 0 spiro atoms. The quantitative estimate of drug-likeness (QED) is 0.650. The molecule has 0 saturated heterocycles. The summed E-state index contributed by atoms with van der Waals surface area (Å²) in [6, 6.07) is 12.9. The Balaban J connectivity index is 2.33. The van der Waals surface area contributed by atoms with E-state index in [9.17, 15) is 10.1 Å². The molecule has 2 aromatic carbocycles. The van der Waals surface area contributed by atoms with Gasteiger partial charge < -0.3 is 5.32 Å². The third-order valence-corrected chi connectivity index (χ3v) is 4.00. The van der Waals surface area contributed by atoms with E-state index >= 15 is 0 Å². The van der Waals surface area contributed by atoms with Crippen molar-refractivity contribution in [1.82, 2.24) is 0 Å². The number of hydrogen-bond acceptors (Lipinski definition) is 2. The van der Waals surface area contributed by atoms with Crippen LogP contribution < -0.4 is 5.32 Å². The Labute approximate surface area is 141 Å². The third-order valence-electron chi connectivity index (χ3n) is 3.67. The van der Waals surface area contributed by atoms with Crippen molar-refractivity contribution >= 4 is 29.3 Å². The molecule has 116 valence electrons. The van der Waals surface area contributed by atoms with Gasteiger partial charge in [0.25, 0.3) is 5.91 Å². The first-order valence-corrected chi connectivity index (χ1v) is 7.55. The summed E-state index contributed by atoms with van der Waals surface area (Å²) in [7, 11) is 0. The molecule has 0 bridgehead atoms. The molecule has 0 unspecified atom stereocenters. The molecule has 0 aromatic heterocycles. The number of halogens is 1. The number of hydrogen-bond donors (Lipinski definition) is 1. The summed E-state index contributed by atoms with van der Waals surface area (Å²) < 4.78 is 0. The van der Waals surface area contributed by atoms with Gasteiger partial charge in [0.1, 0.15) is 11.6 Å². The lowest BCUT2D eigenvalue weighted by molar-refractivity contribution is -0.112. The number of aryl methyl sites for hydroxylation is 3. The van der Waals surface area contributed by atoms with Gasteiger partial charge in [-0.25, -0.2) is 0 Å². The first-order valence-electron chi connectivity index (χ1n) is 7.18. The summed E-state index contributed by atoms with van der Waals surface area (Å²) in [6.07, 6.45) is 1.61. The largest absolute Gasteiger partial charge is 0.320 e. The van der Waals surface area contributed by atoms with E-state index in [2.05, 4.69) is 5.32 Å². The highest BCUT2D eigenvalue weighted by Gasteiger charge is 2.12. The number of amides is 1. The van der Waals surface area contributed by atoms with Crippen LogP contribution in [0, 0.1) is 32.1 Å². The van der Waals surface area contributed by atoms with Crippen LogP contribution in [0.4, 0.5) is 5.69 Å². The number of anilines is 1. The fourth-order valence-corrected chi connectivity index (χ4v) is 2.38. The predicted molar refractivity (Wildman–Crippen MR) is 94.3 cm³/mol. The average Bonchev–Trinajstić information content (AvgIpc) is 2.51. The number of para-hydroxylation sites is 1. The molecule has 0 aliphatic heterocycles. The van der Waals surface area contributed by atoms with E-state index in [0.29, 0.717) is 10.7 Å². The van der Waals surface area contributed by atoms with Crippen LogP contribution in [0.25, 0.3) is 6.08 Å². The second-order valence-electron chi connectivity index (χ2n) is 5.40. The molecule has 2 rings (SSSR count).